The maximum atomic E-state index is 13.0. The monoisotopic (exact) mass is 601 g/mol. The maximum absolute atomic E-state index is 13.0. The summed E-state index contributed by atoms with van der Waals surface area (Å²) >= 11 is 0.639. The number of imide groups is 1. The molecule has 1 aliphatic heterocycles. The normalized spacial score (nSPS) is 14.3. The van der Waals surface area contributed by atoms with Gasteiger partial charge in [-0.25, -0.2) is 0 Å². The van der Waals surface area contributed by atoms with E-state index in [1.807, 2.05) is 19.9 Å². The van der Waals surface area contributed by atoms with Crippen LogP contribution in [-0.2, 0) is 15.8 Å². The van der Waals surface area contributed by atoms with Crippen molar-refractivity contribution in [1.82, 2.24) is 4.90 Å². The second kappa shape index (κ2) is 11.9. The van der Waals surface area contributed by atoms with Gasteiger partial charge in [0.1, 0.15) is 6.54 Å². The molecule has 0 unspecified atom stereocenters. The molecule has 4 rings (SSSR count). The lowest BCUT2D eigenvalue weighted by Gasteiger charge is -2.14. The van der Waals surface area contributed by atoms with Gasteiger partial charge in [0.05, 0.1) is 22.5 Å². The lowest BCUT2D eigenvalue weighted by molar-refractivity contribution is -0.385. The Morgan fingerprint density at radius 3 is 2.45 bits per heavy atom. The number of halogens is 3. The number of anilines is 1. The largest absolute Gasteiger partial charge is 0.493 e. The fraction of sp³-hybridized carbons (Fsp3) is 0.179. The molecule has 218 valence electrons. The first-order chi connectivity index (χ1) is 19.8. The summed E-state index contributed by atoms with van der Waals surface area (Å²) in [5.74, 6) is -1.67. The van der Waals surface area contributed by atoms with Crippen LogP contribution in [0, 0.1) is 24.0 Å². The second-order valence-electron chi connectivity index (χ2n) is 9.01. The number of hydrogen-bond donors (Lipinski definition) is 1. The number of carbonyl (C=O) groups is 3. The van der Waals surface area contributed by atoms with E-state index in [1.54, 1.807) is 12.1 Å². The van der Waals surface area contributed by atoms with E-state index in [9.17, 15) is 37.7 Å². The highest BCUT2D eigenvalue weighted by Crippen LogP contribution is 2.41. The van der Waals surface area contributed by atoms with Gasteiger partial charge in [0.15, 0.2) is 11.5 Å². The molecule has 1 aliphatic rings. The van der Waals surface area contributed by atoms with Crippen molar-refractivity contribution < 1.29 is 42.0 Å². The topological polar surface area (TPSA) is 128 Å². The average Bonchev–Trinajstić information content (AvgIpc) is 3.18. The van der Waals surface area contributed by atoms with E-state index in [1.165, 1.54) is 31.4 Å². The number of thioether (sulfide) groups is 1. The minimum absolute atomic E-state index is 0.0358. The maximum Gasteiger partial charge on any atom is 0.416 e. The number of alkyl halides is 3. The summed E-state index contributed by atoms with van der Waals surface area (Å²) in [4.78, 5) is 49.3. The lowest BCUT2D eigenvalue weighted by atomic mass is 10.1. The van der Waals surface area contributed by atoms with E-state index in [0.717, 1.165) is 22.1 Å². The lowest BCUT2D eigenvalue weighted by Crippen LogP contribution is -2.36. The van der Waals surface area contributed by atoms with Crippen LogP contribution in [0.2, 0.25) is 0 Å². The third kappa shape index (κ3) is 6.54. The minimum atomic E-state index is -4.79. The number of amides is 3. The van der Waals surface area contributed by atoms with Gasteiger partial charge in [-0.2, -0.15) is 13.2 Å². The fourth-order valence-electron chi connectivity index (χ4n) is 3.91. The Balaban J connectivity index is 1.52. The Labute approximate surface area is 241 Å². The standard InChI is InChI=1S/C28H22F3N3O7S/c1-15-5-4-6-19(16(15)2)32-25(35)14-33-26(36)24(42-27(33)37)12-17-7-9-22(23(11-17)40-3)41-21-10-8-18(28(29,30)31)13-20(21)34(38)39/h4-13H,14H2,1-3H3,(H,32,35)/b24-12+. The van der Waals surface area contributed by atoms with Crippen LogP contribution >= 0.6 is 11.8 Å². The molecule has 0 atom stereocenters. The molecule has 3 aromatic carbocycles. The Hall–Kier alpha value is -4.85. The number of nitro benzene ring substituents is 1. The van der Waals surface area contributed by atoms with Gasteiger partial charge in [-0.15, -0.1) is 0 Å². The molecular formula is C28H22F3N3O7S. The summed E-state index contributed by atoms with van der Waals surface area (Å²) < 4.78 is 49.8. The molecule has 0 radical (unpaired) electrons. The fourth-order valence-corrected chi connectivity index (χ4v) is 4.75. The van der Waals surface area contributed by atoms with Crippen molar-refractivity contribution in [2.45, 2.75) is 20.0 Å². The van der Waals surface area contributed by atoms with Crippen molar-refractivity contribution in [3.05, 3.63) is 91.9 Å². The van der Waals surface area contributed by atoms with Crippen LogP contribution in [0.3, 0.4) is 0 Å². The Morgan fingerprint density at radius 1 is 1.07 bits per heavy atom. The van der Waals surface area contributed by atoms with Crippen LogP contribution < -0.4 is 14.8 Å². The van der Waals surface area contributed by atoms with E-state index < -0.39 is 51.7 Å². The van der Waals surface area contributed by atoms with Crippen LogP contribution in [0.1, 0.15) is 22.3 Å². The number of aryl methyl sites for hydroxylation is 1. The van der Waals surface area contributed by atoms with Gasteiger partial charge in [0.25, 0.3) is 11.1 Å². The molecule has 1 heterocycles. The van der Waals surface area contributed by atoms with Crippen molar-refractivity contribution >= 4 is 46.3 Å². The zero-order chi connectivity index (χ0) is 30.8. The number of nitrogens with zero attached hydrogens (tertiary/aromatic N) is 2. The quantitative estimate of drug-likeness (QED) is 0.172. The van der Waals surface area contributed by atoms with Crippen LogP contribution in [-0.4, -0.2) is 40.5 Å². The van der Waals surface area contributed by atoms with Crippen LogP contribution in [0.4, 0.5) is 29.3 Å². The summed E-state index contributed by atoms with van der Waals surface area (Å²) in [6.45, 7) is 3.24. The predicted molar refractivity (Wildman–Crippen MR) is 148 cm³/mol. The minimum Gasteiger partial charge on any atom is -0.493 e. The summed E-state index contributed by atoms with van der Waals surface area (Å²) in [5, 5.41) is 13.5. The van der Waals surface area contributed by atoms with Crippen LogP contribution in [0.25, 0.3) is 6.08 Å². The summed E-state index contributed by atoms with van der Waals surface area (Å²) in [6.07, 6.45) is -3.40. The predicted octanol–water partition coefficient (Wildman–Crippen LogP) is 6.71. The highest BCUT2D eigenvalue weighted by atomic mass is 32.2. The molecule has 1 fully saturated rings. The summed E-state index contributed by atoms with van der Waals surface area (Å²) in [5.41, 5.74) is 0.664. The third-order valence-corrected chi connectivity index (χ3v) is 7.15. The van der Waals surface area contributed by atoms with Gasteiger partial charge in [-0.3, -0.25) is 29.4 Å². The number of methoxy groups -OCH3 is 1. The summed E-state index contributed by atoms with van der Waals surface area (Å²) in [6, 6.07) is 11.4. The van der Waals surface area contributed by atoms with Crippen LogP contribution in [0.15, 0.2) is 59.5 Å². The smallest absolute Gasteiger partial charge is 0.416 e. The Bertz CT molecular complexity index is 1640. The second-order valence-corrected chi connectivity index (χ2v) is 10.0. The van der Waals surface area contributed by atoms with Gasteiger partial charge < -0.3 is 14.8 Å². The molecule has 0 spiro atoms. The molecule has 14 heteroatoms. The van der Waals surface area contributed by atoms with Crippen molar-refractivity contribution in [2.24, 2.45) is 0 Å². The number of nitrogens with one attached hydrogen (secondary N) is 1. The molecule has 42 heavy (non-hydrogen) atoms. The number of ether oxygens (including phenoxy) is 2. The molecular weight excluding hydrogens is 579 g/mol. The molecule has 3 aromatic rings. The number of carbonyl (C=O) groups excluding carboxylic acids is 3. The SMILES string of the molecule is COc1cc(/C=C2/SC(=O)N(CC(=O)Nc3cccc(C)c3C)C2=O)ccc1Oc1ccc(C(F)(F)F)cc1[N+](=O)[O-]. The van der Waals surface area contributed by atoms with Gasteiger partial charge in [0.2, 0.25) is 11.7 Å². The molecule has 3 amide bonds. The zero-order valence-electron chi connectivity index (χ0n) is 22.3. The van der Waals surface area contributed by atoms with Gasteiger partial charge in [-0.1, -0.05) is 18.2 Å². The highest BCUT2D eigenvalue weighted by Gasteiger charge is 2.37. The van der Waals surface area contributed by atoms with Crippen molar-refractivity contribution in [1.29, 1.82) is 0 Å². The van der Waals surface area contributed by atoms with Gasteiger partial charge in [0, 0.05) is 11.8 Å². The molecule has 1 saturated heterocycles. The van der Waals surface area contributed by atoms with Gasteiger partial charge in [-0.05, 0) is 78.7 Å². The van der Waals surface area contributed by atoms with Crippen LogP contribution in [0.5, 0.6) is 17.2 Å². The molecule has 0 aromatic heterocycles. The summed E-state index contributed by atoms with van der Waals surface area (Å²) in [7, 11) is 1.27. The Kier molecular flexibility index (Phi) is 8.56. The number of nitro groups is 1. The third-order valence-electron chi connectivity index (χ3n) is 6.24. The first kappa shape index (κ1) is 30.1. The van der Waals surface area contributed by atoms with E-state index >= 15 is 0 Å². The van der Waals surface area contributed by atoms with E-state index in [4.69, 9.17) is 9.47 Å². The van der Waals surface area contributed by atoms with E-state index in [0.29, 0.717) is 35.1 Å². The first-order valence-electron chi connectivity index (χ1n) is 12.1. The molecule has 0 saturated carbocycles. The van der Waals surface area contributed by atoms with Crippen molar-refractivity contribution in [3.63, 3.8) is 0 Å². The zero-order valence-corrected chi connectivity index (χ0v) is 23.1. The van der Waals surface area contributed by atoms with E-state index in [2.05, 4.69) is 5.32 Å². The average molecular weight is 602 g/mol. The van der Waals surface area contributed by atoms with Crippen molar-refractivity contribution in [2.75, 3.05) is 19.0 Å². The number of rotatable bonds is 8. The molecule has 10 nitrogen and oxygen atoms in total. The number of benzene rings is 3. The van der Waals surface area contributed by atoms with E-state index in [-0.39, 0.29) is 16.4 Å². The Morgan fingerprint density at radius 2 is 1.79 bits per heavy atom. The number of hydrogen-bond acceptors (Lipinski definition) is 8. The van der Waals surface area contributed by atoms with Gasteiger partial charge >= 0.3 is 11.9 Å². The van der Waals surface area contributed by atoms with Crippen molar-refractivity contribution in [3.8, 4) is 17.2 Å². The molecule has 0 aliphatic carbocycles. The first-order valence-corrected chi connectivity index (χ1v) is 12.9. The highest BCUT2D eigenvalue weighted by molar-refractivity contribution is 8.18. The molecule has 1 N–H and O–H groups in total. The molecule has 0 bridgehead atoms.